The number of hydrogen-bond donors (Lipinski definition) is 2. The molecule has 1 heterocycles. The maximum Gasteiger partial charge on any atom is 0.191 e. The summed E-state index contributed by atoms with van der Waals surface area (Å²) in [5.74, 6) is 3.72. The molecule has 0 aliphatic heterocycles. The molecule has 7 nitrogen and oxygen atoms in total. The summed E-state index contributed by atoms with van der Waals surface area (Å²) < 4.78 is 21.6. The quantitative estimate of drug-likeness (QED) is 0.528. The highest BCUT2D eigenvalue weighted by molar-refractivity contribution is 5.79. The average Bonchev–Trinajstić information content (AvgIpc) is 3.19. The van der Waals surface area contributed by atoms with E-state index in [-0.39, 0.29) is 0 Å². The Hall–Kier alpha value is -2.83. The second-order valence-electron chi connectivity index (χ2n) is 5.46. The van der Waals surface area contributed by atoms with Gasteiger partial charge in [-0.2, -0.15) is 0 Å². The minimum absolute atomic E-state index is 0.484. The molecule has 0 spiro atoms. The lowest BCUT2D eigenvalue weighted by Gasteiger charge is -2.16. The van der Waals surface area contributed by atoms with Gasteiger partial charge in [0.05, 0.1) is 27.6 Å². The normalized spacial score (nSPS) is 11.2. The molecule has 142 valence electrons. The summed E-state index contributed by atoms with van der Waals surface area (Å²) in [4.78, 5) is 4.52. The highest BCUT2D eigenvalue weighted by atomic mass is 16.5. The highest BCUT2D eigenvalue weighted by Crippen LogP contribution is 2.34. The molecular weight excluding hydrogens is 334 g/mol. The van der Waals surface area contributed by atoms with Crippen molar-refractivity contribution >= 4 is 5.96 Å². The monoisotopic (exact) mass is 361 g/mol. The Morgan fingerprint density at radius 3 is 2.35 bits per heavy atom. The summed E-state index contributed by atoms with van der Waals surface area (Å²) in [6.45, 7) is 3.96. The topological polar surface area (TPSA) is 77.3 Å². The second-order valence-corrected chi connectivity index (χ2v) is 5.46. The standard InChI is InChI=1S/C19H27N3O4/c1-5-20-19(22-13-14-7-6-10-26-14)21-9-8-16-17(24-3)11-15(23-2)12-18(16)25-4/h6-7,10-12H,5,8-9,13H2,1-4H3,(H2,20,21,22). The van der Waals surface area contributed by atoms with E-state index in [0.717, 1.165) is 35.3 Å². The van der Waals surface area contributed by atoms with Gasteiger partial charge in [0.2, 0.25) is 0 Å². The minimum atomic E-state index is 0.484. The van der Waals surface area contributed by atoms with Crippen LogP contribution in [0.2, 0.25) is 0 Å². The lowest BCUT2D eigenvalue weighted by atomic mass is 10.1. The number of guanidine groups is 1. The summed E-state index contributed by atoms with van der Waals surface area (Å²) >= 11 is 0. The minimum Gasteiger partial charge on any atom is -0.496 e. The Labute approximate surface area is 154 Å². The molecule has 1 aromatic heterocycles. The van der Waals surface area contributed by atoms with Gasteiger partial charge < -0.3 is 29.3 Å². The molecule has 0 fully saturated rings. The Morgan fingerprint density at radius 2 is 1.81 bits per heavy atom. The summed E-state index contributed by atoms with van der Waals surface area (Å²) in [7, 11) is 4.90. The third kappa shape index (κ3) is 5.34. The first kappa shape index (κ1) is 19.5. The van der Waals surface area contributed by atoms with Crippen LogP contribution in [0, 0.1) is 0 Å². The van der Waals surface area contributed by atoms with Crippen molar-refractivity contribution in [2.24, 2.45) is 4.99 Å². The number of nitrogens with zero attached hydrogens (tertiary/aromatic N) is 1. The predicted octanol–water partition coefficient (Wildman–Crippen LogP) is 2.60. The molecule has 0 aliphatic rings. The van der Waals surface area contributed by atoms with Crippen molar-refractivity contribution in [2.45, 2.75) is 19.9 Å². The first-order chi connectivity index (χ1) is 12.7. The van der Waals surface area contributed by atoms with E-state index in [2.05, 4.69) is 15.6 Å². The molecule has 0 radical (unpaired) electrons. The van der Waals surface area contributed by atoms with Crippen molar-refractivity contribution < 1.29 is 18.6 Å². The molecular formula is C19H27N3O4. The first-order valence-corrected chi connectivity index (χ1v) is 8.55. The molecule has 7 heteroatoms. The number of nitrogens with one attached hydrogen (secondary N) is 2. The zero-order valence-corrected chi connectivity index (χ0v) is 15.8. The molecule has 0 aliphatic carbocycles. The Balaban J connectivity index is 2.03. The maximum absolute atomic E-state index is 5.49. The summed E-state index contributed by atoms with van der Waals surface area (Å²) in [6, 6.07) is 7.47. The van der Waals surface area contributed by atoms with Crippen molar-refractivity contribution in [1.82, 2.24) is 10.6 Å². The molecule has 1 aromatic carbocycles. The van der Waals surface area contributed by atoms with Gasteiger partial charge in [-0.1, -0.05) is 0 Å². The van der Waals surface area contributed by atoms with E-state index in [1.54, 1.807) is 27.6 Å². The Morgan fingerprint density at radius 1 is 1.08 bits per heavy atom. The summed E-state index contributed by atoms with van der Waals surface area (Å²) in [5, 5.41) is 6.54. The Kier molecular flexibility index (Phi) is 7.67. The average molecular weight is 361 g/mol. The maximum atomic E-state index is 5.49. The van der Waals surface area contributed by atoms with Gasteiger partial charge in [-0.3, -0.25) is 0 Å². The van der Waals surface area contributed by atoms with E-state index in [1.165, 1.54) is 0 Å². The zero-order chi connectivity index (χ0) is 18.8. The van der Waals surface area contributed by atoms with Gasteiger partial charge in [-0.05, 0) is 25.5 Å². The molecule has 2 aromatic rings. The highest BCUT2D eigenvalue weighted by Gasteiger charge is 2.13. The SMILES string of the molecule is CCNC(=NCc1ccco1)NCCc1c(OC)cc(OC)cc1OC. The number of furan rings is 1. The van der Waals surface area contributed by atoms with Crippen LogP contribution in [0.25, 0.3) is 0 Å². The van der Waals surface area contributed by atoms with Crippen LogP contribution in [0.3, 0.4) is 0 Å². The molecule has 0 bridgehead atoms. The van der Waals surface area contributed by atoms with Crippen molar-refractivity contribution in [3.8, 4) is 17.2 Å². The summed E-state index contributed by atoms with van der Waals surface area (Å²) in [5.41, 5.74) is 0.977. The fraction of sp³-hybridized carbons (Fsp3) is 0.421. The van der Waals surface area contributed by atoms with Crippen molar-refractivity contribution in [1.29, 1.82) is 0 Å². The predicted molar refractivity (Wildman–Crippen MR) is 101 cm³/mol. The van der Waals surface area contributed by atoms with E-state index in [9.17, 15) is 0 Å². The van der Waals surface area contributed by atoms with E-state index in [4.69, 9.17) is 18.6 Å². The number of rotatable bonds is 9. The van der Waals surface area contributed by atoms with Gasteiger partial charge in [-0.25, -0.2) is 4.99 Å². The second kappa shape index (κ2) is 10.2. The van der Waals surface area contributed by atoms with Crippen LogP contribution in [0.1, 0.15) is 18.2 Å². The fourth-order valence-electron chi connectivity index (χ4n) is 2.53. The summed E-state index contributed by atoms with van der Waals surface area (Å²) in [6.07, 6.45) is 2.36. The van der Waals surface area contributed by atoms with Crippen LogP contribution in [0.4, 0.5) is 0 Å². The number of benzene rings is 1. The van der Waals surface area contributed by atoms with Gasteiger partial charge in [0, 0.05) is 30.8 Å². The van der Waals surface area contributed by atoms with Gasteiger partial charge in [0.25, 0.3) is 0 Å². The lowest BCUT2D eigenvalue weighted by molar-refractivity contribution is 0.368. The number of ether oxygens (including phenoxy) is 3. The number of methoxy groups -OCH3 is 3. The first-order valence-electron chi connectivity index (χ1n) is 8.55. The van der Waals surface area contributed by atoms with Crippen molar-refractivity contribution in [3.63, 3.8) is 0 Å². The van der Waals surface area contributed by atoms with Crippen molar-refractivity contribution in [3.05, 3.63) is 41.9 Å². The van der Waals surface area contributed by atoms with Crippen LogP contribution < -0.4 is 24.8 Å². The van der Waals surface area contributed by atoms with E-state index in [1.807, 2.05) is 31.2 Å². The van der Waals surface area contributed by atoms with Gasteiger partial charge >= 0.3 is 0 Å². The third-order valence-corrected chi connectivity index (χ3v) is 3.80. The van der Waals surface area contributed by atoms with Gasteiger partial charge in [0.15, 0.2) is 5.96 Å². The van der Waals surface area contributed by atoms with Crippen LogP contribution in [0.5, 0.6) is 17.2 Å². The fourth-order valence-corrected chi connectivity index (χ4v) is 2.53. The molecule has 0 atom stereocenters. The van der Waals surface area contributed by atoms with Crippen LogP contribution in [-0.4, -0.2) is 40.4 Å². The zero-order valence-electron chi connectivity index (χ0n) is 15.8. The van der Waals surface area contributed by atoms with Crippen LogP contribution >= 0.6 is 0 Å². The molecule has 0 amide bonds. The van der Waals surface area contributed by atoms with Crippen LogP contribution in [0.15, 0.2) is 39.9 Å². The Bertz CT molecular complexity index is 674. The number of hydrogen-bond acceptors (Lipinski definition) is 5. The molecule has 2 rings (SSSR count). The molecule has 2 N–H and O–H groups in total. The number of aliphatic imine (C=N–C) groups is 1. The van der Waals surface area contributed by atoms with Gasteiger partial charge in [0.1, 0.15) is 29.6 Å². The lowest BCUT2D eigenvalue weighted by Crippen LogP contribution is -2.38. The molecule has 0 saturated carbocycles. The molecule has 0 unspecified atom stereocenters. The van der Waals surface area contributed by atoms with E-state index in [0.29, 0.717) is 25.3 Å². The van der Waals surface area contributed by atoms with E-state index >= 15 is 0 Å². The smallest absolute Gasteiger partial charge is 0.191 e. The van der Waals surface area contributed by atoms with Crippen molar-refractivity contribution in [2.75, 3.05) is 34.4 Å². The van der Waals surface area contributed by atoms with E-state index < -0.39 is 0 Å². The van der Waals surface area contributed by atoms with Gasteiger partial charge in [-0.15, -0.1) is 0 Å². The molecule has 26 heavy (non-hydrogen) atoms. The third-order valence-electron chi connectivity index (χ3n) is 3.80. The van der Waals surface area contributed by atoms with Crippen LogP contribution in [-0.2, 0) is 13.0 Å². The largest absolute Gasteiger partial charge is 0.496 e. The molecule has 0 saturated heterocycles.